The average Bonchev–Trinajstić information content (AvgIpc) is 2.42. The van der Waals surface area contributed by atoms with E-state index in [2.05, 4.69) is 9.53 Å². The maximum Gasteiger partial charge on any atom is 0.420 e. The van der Waals surface area contributed by atoms with Crippen LogP contribution in [0.2, 0.25) is 19.6 Å². The van der Waals surface area contributed by atoms with Gasteiger partial charge in [-0.05, 0) is 33.0 Å². The second kappa shape index (κ2) is 8.18. The number of ether oxygens (including phenoxy) is 2. The molecular weight excluding hydrogens is 308 g/mol. The highest BCUT2D eigenvalue weighted by molar-refractivity contribution is 6.70. The van der Waals surface area contributed by atoms with Crippen LogP contribution in [0.1, 0.15) is 19.8 Å². The maximum atomic E-state index is 12.3. The van der Waals surface area contributed by atoms with Gasteiger partial charge in [-0.2, -0.15) is 4.79 Å². The highest BCUT2D eigenvalue weighted by atomic mass is 28.4. The zero-order valence-electron chi connectivity index (χ0n) is 13.9. The van der Waals surface area contributed by atoms with Crippen molar-refractivity contribution in [3.05, 3.63) is 5.53 Å². The molecule has 0 saturated carbocycles. The number of rotatable bonds is 8. The van der Waals surface area contributed by atoms with Gasteiger partial charge in [-0.1, -0.05) is 0 Å². The summed E-state index contributed by atoms with van der Waals surface area (Å²) in [5.41, 5.74) is 6.71. The Hall–Kier alpha value is -1.54. The molecule has 0 aliphatic rings. The van der Waals surface area contributed by atoms with Crippen LogP contribution in [0.5, 0.6) is 0 Å². The van der Waals surface area contributed by atoms with E-state index in [0.29, 0.717) is 0 Å². The van der Waals surface area contributed by atoms with E-state index >= 15 is 0 Å². The third-order valence-corrected chi connectivity index (χ3v) is 3.73. The van der Waals surface area contributed by atoms with Crippen LogP contribution in [0.4, 0.5) is 0 Å². The fraction of sp³-hybridized carbons (Fsp3) is 0.769. The second-order valence-corrected chi connectivity index (χ2v) is 10.3. The fourth-order valence-electron chi connectivity index (χ4n) is 1.94. The zero-order chi connectivity index (χ0) is 17.6. The van der Waals surface area contributed by atoms with Gasteiger partial charge in [0.25, 0.3) is 5.60 Å². The van der Waals surface area contributed by atoms with Crippen molar-refractivity contribution in [3.63, 3.8) is 0 Å². The Morgan fingerprint density at radius 3 is 2.14 bits per heavy atom. The minimum absolute atomic E-state index is 0.0872. The normalized spacial score (nSPS) is 15.2. The first-order valence-electron chi connectivity index (χ1n) is 6.81. The monoisotopic (exact) mass is 332 g/mol. The van der Waals surface area contributed by atoms with Crippen LogP contribution in [0.15, 0.2) is 0 Å². The molecule has 8 nitrogen and oxygen atoms in total. The van der Waals surface area contributed by atoms with Gasteiger partial charge >= 0.3 is 17.7 Å². The van der Waals surface area contributed by atoms with Gasteiger partial charge in [-0.3, -0.25) is 0 Å². The molecular formula is C13H24N2O6Si. The number of carbonyl (C=O) groups excluding carboxylic acids is 2. The van der Waals surface area contributed by atoms with Crippen molar-refractivity contribution >= 4 is 26.0 Å². The van der Waals surface area contributed by atoms with E-state index in [4.69, 9.17) is 9.16 Å². The van der Waals surface area contributed by atoms with Gasteiger partial charge in [0.2, 0.25) is 0 Å². The Balaban J connectivity index is 6.10. The first-order valence-corrected chi connectivity index (χ1v) is 10.2. The van der Waals surface area contributed by atoms with Crippen molar-refractivity contribution in [1.82, 2.24) is 0 Å². The van der Waals surface area contributed by atoms with Crippen LogP contribution in [-0.2, 0) is 23.5 Å². The quantitative estimate of drug-likeness (QED) is 0.230. The van der Waals surface area contributed by atoms with Crippen molar-refractivity contribution in [1.29, 1.82) is 0 Å². The molecule has 0 radical (unpaired) electrons. The lowest BCUT2D eigenvalue weighted by atomic mass is 9.90. The fourth-order valence-corrected chi connectivity index (χ4v) is 3.27. The SMILES string of the molecule is COC(=O)C(=[N+]=[N-])C(CCC(C)O)(O[Si](C)(C)C)C(=O)OC. The number of methoxy groups -OCH3 is 2. The second-order valence-electron chi connectivity index (χ2n) is 5.86. The summed E-state index contributed by atoms with van der Waals surface area (Å²) in [5, 5.41) is 9.50. The molecule has 0 aliphatic heterocycles. The number of aliphatic hydroxyl groups excluding tert-OH is 1. The average molecular weight is 332 g/mol. The highest BCUT2D eigenvalue weighted by Gasteiger charge is 2.58. The van der Waals surface area contributed by atoms with Gasteiger partial charge in [0.15, 0.2) is 8.32 Å². The molecule has 0 spiro atoms. The van der Waals surface area contributed by atoms with Gasteiger partial charge in [0, 0.05) is 6.42 Å². The lowest BCUT2D eigenvalue weighted by molar-refractivity contribution is -0.161. The standard InChI is InChI=1S/C13H24N2O6Si/c1-9(16)7-8-13(12(18)20-3,21-22(4,5)6)10(15-14)11(17)19-2/h9,16H,7-8H2,1-6H3. The van der Waals surface area contributed by atoms with E-state index in [-0.39, 0.29) is 12.8 Å². The summed E-state index contributed by atoms with van der Waals surface area (Å²) in [6.45, 7) is 6.95. The predicted molar refractivity (Wildman–Crippen MR) is 80.7 cm³/mol. The van der Waals surface area contributed by atoms with Gasteiger partial charge in [-0.25, -0.2) is 9.59 Å². The van der Waals surface area contributed by atoms with Crippen LogP contribution in [0.25, 0.3) is 5.53 Å². The van der Waals surface area contributed by atoms with Gasteiger partial charge in [-0.15, -0.1) is 0 Å². The smallest absolute Gasteiger partial charge is 0.420 e. The summed E-state index contributed by atoms with van der Waals surface area (Å²) >= 11 is 0. The van der Waals surface area contributed by atoms with E-state index < -0.39 is 37.7 Å². The molecule has 126 valence electrons. The first kappa shape index (κ1) is 20.5. The number of hydrogen-bond acceptors (Lipinski definition) is 6. The van der Waals surface area contributed by atoms with Gasteiger partial charge in [0.1, 0.15) is 0 Å². The van der Waals surface area contributed by atoms with Crippen molar-refractivity contribution in [2.75, 3.05) is 14.2 Å². The summed E-state index contributed by atoms with van der Waals surface area (Å²) in [6, 6.07) is 0. The number of carbonyl (C=O) groups is 2. The Morgan fingerprint density at radius 1 is 1.27 bits per heavy atom. The molecule has 2 atom stereocenters. The Morgan fingerprint density at radius 2 is 1.82 bits per heavy atom. The van der Waals surface area contributed by atoms with Crippen molar-refractivity contribution in [2.45, 2.75) is 51.1 Å². The van der Waals surface area contributed by atoms with Crippen molar-refractivity contribution < 1.29 is 33.4 Å². The number of aliphatic hydroxyl groups is 1. The molecule has 0 aromatic rings. The Labute approximate surface area is 131 Å². The molecule has 0 saturated heterocycles. The largest absolute Gasteiger partial charge is 0.466 e. The van der Waals surface area contributed by atoms with E-state index in [9.17, 15) is 20.2 Å². The van der Waals surface area contributed by atoms with E-state index in [0.717, 1.165) is 14.2 Å². The van der Waals surface area contributed by atoms with Crippen LogP contribution in [0.3, 0.4) is 0 Å². The Bertz CT molecular complexity index is 468. The summed E-state index contributed by atoms with van der Waals surface area (Å²) in [6.07, 6.45) is -0.696. The van der Waals surface area contributed by atoms with Crippen LogP contribution < -0.4 is 0 Å². The van der Waals surface area contributed by atoms with E-state index in [1.165, 1.54) is 6.92 Å². The summed E-state index contributed by atoms with van der Waals surface area (Å²) in [4.78, 5) is 27.2. The molecule has 0 aromatic heterocycles. The molecule has 1 N–H and O–H groups in total. The summed E-state index contributed by atoms with van der Waals surface area (Å²) in [5.74, 6) is -1.88. The lowest BCUT2D eigenvalue weighted by Crippen LogP contribution is -2.58. The Kier molecular flexibility index (Phi) is 7.61. The molecule has 0 bridgehead atoms. The van der Waals surface area contributed by atoms with Crippen LogP contribution in [-0.4, -0.2) is 61.8 Å². The third kappa shape index (κ3) is 5.34. The molecule has 0 heterocycles. The number of nitrogens with zero attached hydrogens (tertiary/aromatic N) is 2. The predicted octanol–water partition coefficient (Wildman–Crippen LogP) is 0.754. The minimum atomic E-state index is -2.36. The van der Waals surface area contributed by atoms with E-state index in [1.807, 2.05) is 0 Å². The topological polar surface area (TPSA) is 118 Å². The third-order valence-electron chi connectivity index (χ3n) is 2.77. The lowest BCUT2D eigenvalue weighted by Gasteiger charge is -2.32. The molecule has 0 amide bonds. The molecule has 2 unspecified atom stereocenters. The van der Waals surface area contributed by atoms with Crippen molar-refractivity contribution in [3.8, 4) is 0 Å². The van der Waals surface area contributed by atoms with Gasteiger partial charge in [0.05, 0.1) is 20.3 Å². The van der Waals surface area contributed by atoms with Crippen molar-refractivity contribution in [2.24, 2.45) is 0 Å². The molecule has 0 aliphatic carbocycles. The zero-order valence-corrected chi connectivity index (χ0v) is 14.9. The first-order chi connectivity index (χ1) is 10.0. The molecule has 0 rings (SSSR count). The molecule has 9 heteroatoms. The van der Waals surface area contributed by atoms with E-state index in [1.54, 1.807) is 19.6 Å². The number of esters is 2. The molecule has 0 fully saturated rings. The summed E-state index contributed by atoms with van der Waals surface area (Å²) < 4.78 is 15.2. The highest BCUT2D eigenvalue weighted by Crippen LogP contribution is 2.28. The molecule has 22 heavy (non-hydrogen) atoms. The maximum absolute atomic E-state index is 12.3. The minimum Gasteiger partial charge on any atom is -0.466 e. The van der Waals surface area contributed by atoms with Crippen LogP contribution >= 0.6 is 0 Å². The van der Waals surface area contributed by atoms with Gasteiger partial charge < -0.3 is 24.5 Å². The molecule has 0 aromatic carbocycles. The van der Waals surface area contributed by atoms with Crippen LogP contribution in [0, 0.1) is 0 Å². The summed E-state index contributed by atoms with van der Waals surface area (Å²) in [7, 11) is -0.129. The number of hydrogen-bond donors (Lipinski definition) is 1.